The third-order valence-electron chi connectivity index (χ3n) is 6.75. The number of rotatable bonds is 7. The molecule has 9 heteroatoms. The molecule has 0 bridgehead atoms. The van der Waals surface area contributed by atoms with Crippen molar-refractivity contribution in [3.63, 3.8) is 0 Å². The number of nitrogens with zero attached hydrogens (tertiary/aromatic N) is 5. The van der Waals surface area contributed by atoms with Crippen LogP contribution in [0.5, 0.6) is 0 Å². The molecule has 8 nitrogen and oxygen atoms in total. The second-order valence-electron chi connectivity index (χ2n) is 10.9. The number of benzene rings is 1. The Morgan fingerprint density at radius 3 is 2.34 bits per heavy atom. The molecule has 0 spiro atoms. The lowest BCUT2D eigenvalue weighted by Crippen LogP contribution is -2.41. The van der Waals surface area contributed by atoms with Gasteiger partial charge in [0, 0.05) is 74.6 Å². The number of hydrogen-bond acceptors (Lipinski definition) is 6. The van der Waals surface area contributed by atoms with E-state index in [1.165, 1.54) is 0 Å². The maximum Gasteiger partial charge on any atom is 0.227 e. The van der Waals surface area contributed by atoms with Gasteiger partial charge >= 0.3 is 0 Å². The second-order valence-corrected chi connectivity index (χ2v) is 11.3. The zero-order chi connectivity index (χ0) is 27.8. The van der Waals surface area contributed by atoms with E-state index in [1.807, 2.05) is 47.9 Å². The van der Waals surface area contributed by atoms with Gasteiger partial charge in [0.2, 0.25) is 17.8 Å². The Kier molecular flexibility index (Phi) is 10.9. The summed E-state index contributed by atoms with van der Waals surface area (Å²) in [5, 5.41) is 3.78. The molecule has 1 aliphatic rings. The molecular formula is C29H43ClN6O2. The van der Waals surface area contributed by atoms with Crippen molar-refractivity contribution >= 4 is 35.1 Å². The molecule has 208 valence electrons. The standard InChI is InChI=1S/C29H43ClN6O2/c1-20(2)16-28(38)36-13-7-12-34(21(3)4)14-15-35(19-24-8-9-25(30)18-26(24)36)27(37)10-11-31-29-32-22(5)17-23(6)33-29/h8-9,17-18,20-21H,7,10-16,19H2,1-6H3,(H,31,32,33). The fraction of sp³-hybridized carbons (Fsp3) is 0.586. The van der Waals surface area contributed by atoms with Gasteiger partial charge in [0.15, 0.2) is 0 Å². The zero-order valence-corrected chi connectivity index (χ0v) is 24.5. The average molecular weight is 543 g/mol. The maximum atomic E-state index is 13.5. The molecule has 0 atom stereocenters. The van der Waals surface area contributed by atoms with Crippen molar-refractivity contribution in [3.8, 4) is 0 Å². The average Bonchev–Trinajstić information content (AvgIpc) is 2.85. The Labute approximate surface area is 232 Å². The molecule has 0 fully saturated rings. The van der Waals surface area contributed by atoms with Crippen LogP contribution in [0.15, 0.2) is 24.3 Å². The highest BCUT2D eigenvalue weighted by atomic mass is 35.5. The second kappa shape index (κ2) is 13.9. The quantitative estimate of drug-likeness (QED) is 0.526. The normalized spacial score (nSPS) is 15.4. The molecule has 0 aliphatic carbocycles. The summed E-state index contributed by atoms with van der Waals surface area (Å²) >= 11 is 6.42. The predicted molar refractivity (Wildman–Crippen MR) is 155 cm³/mol. The number of aryl methyl sites for hydroxylation is 2. The molecule has 0 saturated carbocycles. The van der Waals surface area contributed by atoms with Gasteiger partial charge in [-0.1, -0.05) is 31.5 Å². The lowest BCUT2D eigenvalue weighted by molar-refractivity contribution is -0.131. The van der Waals surface area contributed by atoms with Crippen LogP contribution in [0.3, 0.4) is 0 Å². The van der Waals surface area contributed by atoms with E-state index in [-0.39, 0.29) is 17.7 Å². The van der Waals surface area contributed by atoms with Crippen molar-refractivity contribution in [2.45, 2.75) is 73.4 Å². The monoisotopic (exact) mass is 542 g/mol. The lowest BCUT2D eigenvalue weighted by atomic mass is 10.1. The number of nitrogens with one attached hydrogen (secondary N) is 1. The predicted octanol–water partition coefficient (Wildman–Crippen LogP) is 5.07. The maximum absolute atomic E-state index is 13.5. The largest absolute Gasteiger partial charge is 0.354 e. The van der Waals surface area contributed by atoms with Gasteiger partial charge in [-0.2, -0.15) is 0 Å². The van der Waals surface area contributed by atoms with E-state index in [0.29, 0.717) is 56.0 Å². The first-order valence-corrected chi connectivity index (χ1v) is 14.1. The van der Waals surface area contributed by atoms with E-state index < -0.39 is 0 Å². The number of fused-ring (bicyclic) bond motifs is 1. The fourth-order valence-corrected chi connectivity index (χ4v) is 4.98. The van der Waals surface area contributed by atoms with Crippen molar-refractivity contribution in [1.82, 2.24) is 19.8 Å². The van der Waals surface area contributed by atoms with Gasteiger partial charge in [-0.05, 0) is 63.8 Å². The molecule has 2 amide bonds. The van der Waals surface area contributed by atoms with E-state index >= 15 is 0 Å². The molecular weight excluding hydrogens is 500 g/mol. The Morgan fingerprint density at radius 1 is 0.974 bits per heavy atom. The van der Waals surface area contributed by atoms with Gasteiger partial charge in [0.05, 0.1) is 5.69 Å². The van der Waals surface area contributed by atoms with Crippen LogP contribution in [0.25, 0.3) is 0 Å². The molecule has 0 saturated heterocycles. The highest BCUT2D eigenvalue weighted by molar-refractivity contribution is 6.31. The van der Waals surface area contributed by atoms with Crippen molar-refractivity contribution < 1.29 is 9.59 Å². The summed E-state index contributed by atoms with van der Waals surface area (Å²) < 4.78 is 0. The van der Waals surface area contributed by atoms with Crippen LogP contribution in [-0.4, -0.2) is 70.3 Å². The summed E-state index contributed by atoms with van der Waals surface area (Å²) in [6.07, 6.45) is 1.63. The van der Waals surface area contributed by atoms with Gasteiger partial charge < -0.3 is 15.1 Å². The molecule has 1 aliphatic heterocycles. The van der Waals surface area contributed by atoms with Crippen LogP contribution in [-0.2, 0) is 16.1 Å². The highest BCUT2D eigenvalue weighted by Gasteiger charge is 2.25. The van der Waals surface area contributed by atoms with Crippen LogP contribution in [0.2, 0.25) is 5.02 Å². The number of carbonyl (C=O) groups excluding carboxylic acids is 2. The minimum absolute atomic E-state index is 0.0470. The van der Waals surface area contributed by atoms with Crippen LogP contribution < -0.4 is 10.2 Å². The highest BCUT2D eigenvalue weighted by Crippen LogP contribution is 2.28. The first-order chi connectivity index (χ1) is 18.0. The minimum Gasteiger partial charge on any atom is -0.354 e. The molecule has 0 radical (unpaired) electrons. The number of halogens is 1. The number of amides is 2. The van der Waals surface area contributed by atoms with E-state index in [4.69, 9.17) is 11.6 Å². The Hall–Kier alpha value is -2.71. The summed E-state index contributed by atoms with van der Waals surface area (Å²) in [6, 6.07) is 7.92. The van der Waals surface area contributed by atoms with Crippen LogP contribution in [0.1, 0.15) is 63.9 Å². The fourth-order valence-electron chi connectivity index (χ4n) is 4.81. The first kappa shape index (κ1) is 29.8. The van der Waals surface area contributed by atoms with Crippen LogP contribution >= 0.6 is 11.6 Å². The molecule has 38 heavy (non-hydrogen) atoms. The van der Waals surface area contributed by atoms with Crippen LogP contribution in [0, 0.1) is 19.8 Å². The molecule has 1 aromatic carbocycles. The third-order valence-corrected chi connectivity index (χ3v) is 6.99. The Morgan fingerprint density at radius 2 is 1.68 bits per heavy atom. The van der Waals surface area contributed by atoms with Gasteiger partial charge in [-0.3, -0.25) is 14.5 Å². The van der Waals surface area contributed by atoms with Crippen LogP contribution in [0.4, 0.5) is 11.6 Å². The minimum atomic E-state index is 0.0470. The van der Waals surface area contributed by atoms with Crippen molar-refractivity contribution in [1.29, 1.82) is 0 Å². The van der Waals surface area contributed by atoms with Crippen molar-refractivity contribution in [3.05, 3.63) is 46.2 Å². The van der Waals surface area contributed by atoms with E-state index in [2.05, 4.69) is 47.9 Å². The molecule has 3 rings (SSSR count). The number of carbonyl (C=O) groups is 2. The van der Waals surface area contributed by atoms with Gasteiger partial charge in [-0.25, -0.2) is 9.97 Å². The Bertz CT molecular complexity index is 1090. The van der Waals surface area contributed by atoms with Crippen molar-refractivity contribution in [2.75, 3.05) is 42.9 Å². The van der Waals surface area contributed by atoms with E-state index in [0.717, 1.165) is 42.1 Å². The summed E-state index contributed by atoms with van der Waals surface area (Å²) in [5.41, 5.74) is 3.52. The smallest absolute Gasteiger partial charge is 0.227 e. The number of aromatic nitrogens is 2. The molecule has 2 heterocycles. The third kappa shape index (κ3) is 8.67. The molecule has 2 aromatic rings. The molecule has 0 unspecified atom stereocenters. The topological polar surface area (TPSA) is 81.7 Å². The van der Waals surface area contributed by atoms with Gasteiger partial charge in [0.25, 0.3) is 0 Å². The SMILES string of the molecule is Cc1cc(C)nc(NCCC(=O)N2CCN(C(C)C)CCCN(C(=O)CC(C)C)c3cc(Cl)ccc3C2)n1. The zero-order valence-electron chi connectivity index (χ0n) is 23.8. The van der Waals surface area contributed by atoms with Gasteiger partial charge in [-0.15, -0.1) is 0 Å². The van der Waals surface area contributed by atoms with E-state index in [9.17, 15) is 9.59 Å². The summed E-state index contributed by atoms with van der Waals surface area (Å²) in [7, 11) is 0. The number of hydrogen-bond donors (Lipinski definition) is 1. The van der Waals surface area contributed by atoms with Gasteiger partial charge in [0.1, 0.15) is 0 Å². The summed E-state index contributed by atoms with van der Waals surface area (Å²) in [6.45, 7) is 16.0. The molecule has 1 N–H and O–H groups in total. The number of anilines is 2. The van der Waals surface area contributed by atoms with Crippen molar-refractivity contribution in [2.24, 2.45) is 5.92 Å². The summed E-state index contributed by atoms with van der Waals surface area (Å²) in [5.74, 6) is 0.931. The molecule has 1 aromatic heterocycles. The Balaban J connectivity index is 1.85. The first-order valence-electron chi connectivity index (χ1n) is 13.7. The summed E-state index contributed by atoms with van der Waals surface area (Å²) in [4.78, 5) is 41.9. The van der Waals surface area contributed by atoms with E-state index in [1.54, 1.807) is 0 Å². The lowest BCUT2D eigenvalue weighted by Gasteiger charge is -2.30.